The number of nitrogens with one attached hydrogen (secondary N) is 2. The lowest BCUT2D eigenvalue weighted by Crippen LogP contribution is -2.41. The average molecular weight is 511 g/mol. The molecule has 1 aliphatic rings. The van der Waals surface area contributed by atoms with E-state index >= 15 is 0 Å². The molecule has 5 nitrogen and oxygen atoms in total. The number of carbonyl (C=O) groups excluding carboxylic acids is 1. The Morgan fingerprint density at radius 2 is 1.70 bits per heavy atom. The topological polar surface area (TPSA) is 56.7 Å². The van der Waals surface area contributed by atoms with Crippen LogP contribution in [-0.4, -0.2) is 43.0 Å². The van der Waals surface area contributed by atoms with E-state index in [9.17, 15) is 9.18 Å². The third-order valence-corrected chi connectivity index (χ3v) is 6.69. The van der Waals surface area contributed by atoms with Gasteiger partial charge in [0.15, 0.2) is 0 Å². The van der Waals surface area contributed by atoms with E-state index < -0.39 is 5.67 Å². The number of alkyl halides is 1. The molecule has 2 atom stereocenters. The molecular weight excluding hydrogens is 463 g/mol. The molecule has 204 valence electrons. The Morgan fingerprint density at radius 1 is 1.11 bits per heavy atom. The van der Waals surface area contributed by atoms with Crippen molar-refractivity contribution in [3.05, 3.63) is 64.4 Å². The number of hydrogen-bond acceptors (Lipinski definition) is 4. The highest BCUT2D eigenvalue weighted by Crippen LogP contribution is 2.36. The molecule has 0 aliphatic carbocycles. The van der Waals surface area contributed by atoms with Crippen LogP contribution in [0.25, 0.3) is 0 Å². The molecule has 0 saturated heterocycles. The zero-order chi connectivity index (χ0) is 28.5. The third kappa shape index (κ3) is 7.41. The monoisotopic (exact) mass is 510 g/mol. The Morgan fingerprint density at radius 3 is 2.16 bits per heavy atom. The fourth-order valence-corrected chi connectivity index (χ4v) is 5.21. The van der Waals surface area contributed by atoms with Crippen molar-refractivity contribution in [3.63, 3.8) is 0 Å². The van der Waals surface area contributed by atoms with Crippen LogP contribution in [0.15, 0.2) is 58.3 Å². The van der Waals surface area contributed by atoms with Crippen LogP contribution < -0.4 is 10.6 Å². The van der Waals surface area contributed by atoms with Gasteiger partial charge in [0.1, 0.15) is 5.67 Å². The summed E-state index contributed by atoms with van der Waals surface area (Å²) in [5.41, 5.74) is 3.51. The number of likely N-dealkylation sites (N-methyl/N-ethyl adjacent to an activating group) is 1. The Labute approximate surface area is 224 Å². The Bertz CT molecular complexity index is 1120. The molecule has 0 bridgehead atoms. The van der Waals surface area contributed by atoms with E-state index in [1.807, 2.05) is 40.1 Å². The van der Waals surface area contributed by atoms with Gasteiger partial charge in [-0.25, -0.2) is 9.38 Å². The minimum atomic E-state index is -1.58. The smallest absolute Gasteiger partial charge is 0.255 e. The van der Waals surface area contributed by atoms with E-state index in [4.69, 9.17) is 0 Å². The quantitative estimate of drug-likeness (QED) is 0.304. The number of carbonyl (C=O) groups is 1. The number of anilines is 1. The average Bonchev–Trinajstić information content (AvgIpc) is 2.71. The van der Waals surface area contributed by atoms with Crippen molar-refractivity contribution < 1.29 is 9.18 Å². The maximum Gasteiger partial charge on any atom is 0.255 e. The summed E-state index contributed by atoms with van der Waals surface area (Å²) < 4.78 is 14.8. The van der Waals surface area contributed by atoms with Gasteiger partial charge in [-0.05, 0) is 81.5 Å². The van der Waals surface area contributed by atoms with Crippen molar-refractivity contribution in [1.29, 1.82) is 0 Å². The molecule has 1 amide bonds. The van der Waals surface area contributed by atoms with Crippen LogP contribution in [0.1, 0.15) is 86.4 Å². The number of rotatable bonds is 7. The largest absolute Gasteiger partial charge is 0.366 e. The maximum absolute atomic E-state index is 14.8. The Balaban J connectivity index is 2.64. The Hall–Kier alpha value is -2.73. The molecule has 1 aromatic carbocycles. The molecule has 1 aliphatic heterocycles. The van der Waals surface area contributed by atoms with Gasteiger partial charge in [-0.2, -0.15) is 0 Å². The van der Waals surface area contributed by atoms with Crippen LogP contribution in [-0.2, 0) is 10.2 Å². The highest BCUT2D eigenvalue weighted by Gasteiger charge is 2.32. The van der Waals surface area contributed by atoms with Crippen LogP contribution >= 0.6 is 0 Å². The molecular formula is C31H47FN4O. The highest BCUT2D eigenvalue weighted by molar-refractivity contribution is 6.07. The molecule has 0 fully saturated rings. The zero-order valence-corrected chi connectivity index (χ0v) is 24.9. The molecule has 37 heavy (non-hydrogen) atoms. The standard InChI is InChI=1S/C31H47FN4O/c1-19(2)26(20(3)27(36(12)13)30(7,8)9)28(37)35-23-15-14-21(29(4,5)6)16-22(23)24-17-25(31(10,11)32)34-18-33-24/h14-18,24,27H,1H2,2-13H3,(H,33,34)(H,35,37)/b26-20+. The van der Waals surface area contributed by atoms with E-state index in [2.05, 4.69) is 74.7 Å². The number of benzene rings is 1. The molecule has 2 N–H and O–H groups in total. The van der Waals surface area contributed by atoms with Gasteiger partial charge in [0.2, 0.25) is 0 Å². The predicted molar refractivity (Wildman–Crippen MR) is 156 cm³/mol. The molecule has 1 aromatic rings. The maximum atomic E-state index is 14.8. The lowest BCUT2D eigenvalue weighted by atomic mass is 9.79. The van der Waals surface area contributed by atoms with Crippen LogP contribution in [0.5, 0.6) is 0 Å². The Kier molecular flexibility index (Phi) is 9.02. The van der Waals surface area contributed by atoms with Crippen molar-refractivity contribution in [1.82, 2.24) is 10.2 Å². The third-order valence-electron chi connectivity index (χ3n) is 6.69. The van der Waals surface area contributed by atoms with Crippen molar-refractivity contribution in [2.24, 2.45) is 10.4 Å². The fraction of sp³-hybridized carbons (Fsp3) is 0.548. The second kappa shape index (κ2) is 10.9. The minimum absolute atomic E-state index is 0.0428. The van der Waals surface area contributed by atoms with Crippen molar-refractivity contribution in [3.8, 4) is 0 Å². The van der Waals surface area contributed by atoms with Crippen molar-refractivity contribution >= 4 is 17.9 Å². The molecule has 0 saturated carbocycles. The molecule has 6 heteroatoms. The molecule has 2 unspecified atom stereocenters. The summed E-state index contributed by atoms with van der Waals surface area (Å²) in [4.78, 5) is 20.2. The van der Waals surface area contributed by atoms with Crippen LogP contribution in [0.3, 0.4) is 0 Å². The molecule has 2 rings (SSSR count). The number of hydrogen-bond donors (Lipinski definition) is 2. The summed E-state index contributed by atoms with van der Waals surface area (Å²) in [5.74, 6) is -0.203. The van der Waals surface area contributed by atoms with Gasteiger partial charge in [-0.1, -0.05) is 60.3 Å². The molecule has 0 spiro atoms. The van der Waals surface area contributed by atoms with Crippen molar-refractivity contribution in [2.75, 3.05) is 19.4 Å². The first-order chi connectivity index (χ1) is 16.7. The first kappa shape index (κ1) is 30.5. The number of allylic oxidation sites excluding steroid dienone is 1. The van der Waals surface area contributed by atoms with E-state index in [0.717, 1.165) is 16.7 Å². The van der Waals surface area contributed by atoms with Crippen molar-refractivity contribution in [2.45, 2.75) is 92.4 Å². The second-order valence-corrected chi connectivity index (χ2v) is 13.0. The number of halogens is 1. The highest BCUT2D eigenvalue weighted by atomic mass is 19.1. The fourth-order valence-electron chi connectivity index (χ4n) is 5.21. The summed E-state index contributed by atoms with van der Waals surface area (Å²) in [6, 6.07) is 5.76. The lowest BCUT2D eigenvalue weighted by molar-refractivity contribution is -0.112. The first-order valence-corrected chi connectivity index (χ1v) is 12.9. The lowest BCUT2D eigenvalue weighted by Gasteiger charge is -2.38. The van der Waals surface area contributed by atoms with Crippen LogP contribution in [0.2, 0.25) is 0 Å². The van der Waals surface area contributed by atoms with Crippen LogP contribution in [0.4, 0.5) is 10.1 Å². The molecule has 1 heterocycles. The van der Waals surface area contributed by atoms with Crippen LogP contribution in [0, 0.1) is 5.41 Å². The van der Waals surface area contributed by atoms with E-state index in [0.29, 0.717) is 22.5 Å². The van der Waals surface area contributed by atoms with E-state index in [-0.39, 0.29) is 28.8 Å². The van der Waals surface area contributed by atoms with Gasteiger partial charge in [-0.3, -0.25) is 4.79 Å². The number of amides is 1. The van der Waals surface area contributed by atoms with Gasteiger partial charge in [-0.15, -0.1) is 0 Å². The zero-order valence-electron chi connectivity index (χ0n) is 24.9. The molecule has 0 aromatic heterocycles. The van der Waals surface area contributed by atoms with E-state index in [1.54, 1.807) is 6.08 Å². The normalized spacial score (nSPS) is 18.1. The summed E-state index contributed by atoms with van der Waals surface area (Å²) in [7, 11) is 4.06. The SMILES string of the molecule is C=C(C)/C(C(=O)Nc1ccc(C(C)(C)C)cc1C1C=C(C(C)(C)F)N=CN1)=C(/C)C(N(C)C)C(C)(C)C. The summed E-state index contributed by atoms with van der Waals surface area (Å²) in [6.07, 6.45) is 3.32. The van der Waals surface area contributed by atoms with Gasteiger partial charge < -0.3 is 15.5 Å². The first-order valence-electron chi connectivity index (χ1n) is 12.9. The van der Waals surface area contributed by atoms with Gasteiger partial charge in [0.25, 0.3) is 5.91 Å². The molecule has 0 radical (unpaired) electrons. The van der Waals surface area contributed by atoms with Gasteiger partial charge in [0.05, 0.1) is 18.1 Å². The number of aliphatic imine (C=N–C) groups is 1. The summed E-state index contributed by atoms with van der Waals surface area (Å²) in [5, 5.41) is 6.40. The number of nitrogens with zero attached hydrogens (tertiary/aromatic N) is 2. The predicted octanol–water partition coefficient (Wildman–Crippen LogP) is 7.10. The van der Waals surface area contributed by atoms with Gasteiger partial charge in [0, 0.05) is 22.9 Å². The second-order valence-electron chi connectivity index (χ2n) is 13.0. The van der Waals surface area contributed by atoms with Gasteiger partial charge >= 0.3 is 0 Å². The summed E-state index contributed by atoms with van der Waals surface area (Å²) in [6.45, 7) is 24.0. The minimum Gasteiger partial charge on any atom is -0.366 e. The summed E-state index contributed by atoms with van der Waals surface area (Å²) >= 11 is 0. The van der Waals surface area contributed by atoms with E-state index in [1.165, 1.54) is 20.2 Å².